The number of allylic oxidation sites excluding steroid dienone is 1. The molecule has 2 aromatic carbocycles. The number of hydrogen-bond donors (Lipinski definition) is 0. The van der Waals surface area contributed by atoms with Gasteiger partial charge in [0.15, 0.2) is 0 Å². The van der Waals surface area contributed by atoms with Crippen LogP contribution in [0.1, 0.15) is 40.5 Å². The third-order valence-electron chi connectivity index (χ3n) is 4.63. The van der Waals surface area contributed by atoms with Crippen LogP contribution in [0.15, 0.2) is 72.8 Å². The predicted octanol–water partition coefficient (Wildman–Crippen LogP) is 4.81. The zero-order chi connectivity index (χ0) is 19.0. The van der Waals surface area contributed by atoms with E-state index >= 15 is 0 Å². The number of nitriles is 1. The lowest BCUT2D eigenvalue weighted by atomic mass is 10.2. The molecular weight excluding hydrogens is 334 g/mol. The van der Waals surface area contributed by atoms with Crippen molar-refractivity contribution in [1.29, 1.82) is 5.26 Å². The number of hydrogen-bond acceptors (Lipinski definition) is 2. The fourth-order valence-corrected chi connectivity index (χ4v) is 8.01. The van der Waals surface area contributed by atoms with Crippen molar-refractivity contribution in [2.24, 2.45) is 0 Å². The molecule has 136 valence electrons. The molecule has 0 spiro atoms. The monoisotopic (exact) mass is 363 g/mol. The molecule has 0 aliphatic carbocycles. The highest BCUT2D eigenvalue weighted by molar-refractivity contribution is 6.99. The standard InChI is InChI=1S/C23H29NOSi/c1-5-6-9-14-20(19-24)25-26(23(2,3)4,21-15-10-7-11-16-21)22-17-12-8-13-18-22/h6-13,15-18,20H,5,14H2,1-4H3/b9-6+/t20-/m1/s1. The topological polar surface area (TPSA) is 33.0 Å². The first-order valence-electron chi connectivity index (χ1n) is 9.29. The first-order valence-corrected chi connectivity index (χ1v) is 11.2. The van der Waals surface area contributed by atoms with Crippen molar-refractivity contribution in [3.8, 4) is 6.07 Å². The van der Waals surface area contributed by atoms with Gasteiger partial charge in [0.1, 0.15) is 6.10 Å². The summed E-state index contributed by atoms with van der Waals surface area (Å²) >= 11 is 0. The van der Waals surface area contributed by atoms with Gasteiger partial charge in [-0.3, -0.25) is 0 Å². The van der Waals surface area contributed by atoms with Crippen molar-refractivity contribution in [3.63, 3.8) is 0 Å². The second-order valence-electron chi connectivity index (χ2n) is 7.51. The van der Waals surface area contributed by atoms with E-state index in [0.29, 0.717) is 6.42 Å². The molecule has 2 nitrogen and oxygen atoms in total. The van der Waals surface area contributed by atoms with Crippen LogP contribution < -0.4 is 10.4 Å². The van der Waals surface area contributed by atoms with E-state index in [1.807, 2.05) is 12.1 Å². The maximum absolute atomic E-state index is 9.76. The first-order chi connectivity index (χ1) is 12.5. The highest BCUT2D eigenvalue weighted by atomic mass is 28.4. The van der Waals surface area contributed by atoms with Gasteiger partial charge in [-0.15, -0.1) is 0 Å². The molecule has 2 aromatic rings. The maximum atomic E-state index is 9.76. The molecule has 3 heteroatoms. The molecule has 26 heavy (non-hydrogen) atoms. The number of benzene rings is 2. The van der Waals surface area contributed by atoms with Gasteiger partial charge in [-0.2, -0.15) is 5.26 Å². The summed E-state index contributed by atoms with van der Waals surface area (Å²) < 4.78 is 6.80. The second-order valence-corrected chi connectivity index (χ2v) is 11.8. The van der Waals surface area contributed by atoms with Gasteiger partial charge in [0, 0.05) is 6.42 Å². The van der Waals surface area contributed by atoms with Crippen LogP contribution in [0.2, 0.25) is 5.04 Å². The molecule has 0 saturated carbocycles. The van der Waals surface area contributed by atoms with Gasteiger partial charge in [0.25, 0.3) is 8.32 Å². The lowest BCUT2D eigenvalue weighted by molar-refractivity contribution is 0.242. The van der Waals surface area contributed by atoms with Gasteiger partial charge in [-0.05, 0) is 21.8 Å². The lowest BCUT2D eigenvalue weighted by Gasteiger charge is -2.44. The first kappa shape index (κ1) is 20.2. The van der Waals surface area contributed by atoms with Crippen molar-refractivity contribution in [2.45, 2.75) is 51.7 Å². The van der Waals surface area contributed by atoms with E-state index in [2.05, 4.69) is 94.4 Å². The highest BCUT2D eigenvalue weighted by Gasteiger charge is 2.51. The van der Waals surface area contributed by atoms with Crippen molar-refractivity contribution in [1.82, 2.24) is 0 Å². The molecule has 0 aliphatic rings. The smallest absolute Gasteiger partial charge is 0.262 e. The van der Waals surface area contributed by atoms with Gasteiger partial charge in [-0.1, -0.05) is 101 Å². The minimum Gasteiger partial charge on any atom is -0.391 e. The van der Waals surface area contributed by atoms with Crippen LogP contribution in [0.3, 0.4) is 0 Å². The summed E-state index contributed by atoms with van der Waals surface area (Å²) in [6, 6.07) is 23.3. The fourth-order valence-electron chi connectivity index (χ4n) is 3.42. The minimum atomic E-state index is -2.65. The Morgan fingerprint density at radius 3 is 1.85 bits per heavy atom. The van der Waals surface area contributed by atoms with E-state index in [-0.39, 0.29) is 5.04 Å². The van der Waals surface area contributed by atoms with Crippen molar-refractivity contribution in [3.05, 3.63) is 72.8 Å². The Morgan fingerprint density at radius 1 is 0.962 bits per heavy atom. The molecule has 0 radical (unpaired) electrons. The highest BCUT2D eigenvalue weighted by Crippen LogP contribution is 2.37. The Labute approximate surface area is 159 Å². The molecule has 0 saturated heterocycles. The summed E-state index contributed by atoms with van der Waals surface area (Å²) in [5.41, 5.74) is 0. The van der Waals surface area contributed by atoms with E-state index in [1.165, 1.54) is 10.4 Å². The number of rotatable bonds is 7. The van der Waals surface area contributed by atoms with Crippen LogP contribution in [0, 0.1) is 11.3 Å². The van der Waals surface area contributed by atoms with Crippen LogP contribution in [-0.4, -0.2) is 14.4 Å². The van der Waals surface area contributed by atoms with Gasteiger partial charge in [0.05, 0.1) is 6.07 Å². The Kier molecular flexibility index (Phi) is 6.96. The van der Waals surface area contributed by atoms with Crippen LogP contribution in [0.5, 0.6) is 0 Å². The van der Waals surface area contributed by atoms with Crippen LogP contribution >= 0.6 is 0 Å². The van der Waals surface area contributed by atoms with Crippen LogP contribution in [-0.2, 0) is 4.43 Å². The summed E-state index contributed by atoms with van der Waals surface area (Å²) in [6.45, 7) is 8.79. The van der Waals surface area contributed by atoms with Crippen LogP contribution in [0.4, 0.5) is 0 Å². The Bertz CT molecular complexity index is 702. The summed E-state index contributed by atoms with van der Waals surface area (Å²) in [4.78, 5) is 0. The lowest BCUT2D eigenvalue weighted by Crippen LogP contribution is -2.67. The quantitative estimate of drug-likeness (QED) is 0.522. The van der Waals surface area contributed by atoms with Crippen molar-refractivity contribution in [2.75, 3.05) is 0 Å². The number of nitrogens with zero attached hydrogens (tertiary/aromatic N) is 1. The molecule has 0 amide bonds. The second kappa shape index (κ2) is 8.98. The average Bonchev–Trinajstić information content (AvgIpc) is 2.65. The molecule has 0 N–H and O–H groups in total. The third kappa shape index (κ3) is 4.33. The average molecular weight is 364 g/mol. The summed E-state index contributed by atoms with van der Waals surface area (Å²) in [6.07, 6.45) is 5.29. The molecule has 0 unspecified atom stereocenters. The summed E-state index contributed by atoms with van der Waals surface area (Å²) in [5.74, 6) is 0. The molecule has 0 heterocycles. The van der Waals surface area contributed by atoms with E-state index in [4.69, 9.17) is 4.43 Å². The zero-order valence-corrected chi connectivity index (χ0v) is 17.3. The Hall–Kier alpha value is -2.15. The molecular formula is C23H29NOSi. The van der Waals surface area contributed by atoms with Gasteiger partial charge >= 0.3 is 0 Å². The van der Waals surface area contributed by atoms with Gasteiger partial charge in [0.2, 0.25) is 0 Å². The maximum Gasteiger partial charge on any atom is 0.262 e. The molecule has 0 fully saturated rings. The Morgan fingerprint density at radius 2 is 1.46 bits per heavy atom. The molecule has 0 bridgehead atoms. The molecule has 1 atom stereocenters. The SMILES string of the molecule is CC/C=C/C[C@H](C#N)O[Si](c1ccccc1)(c1ccccc1)C(C)(C)C. The van der Waals surface area contributed by atoms with Crippen LogP contribution in [0.25, 0.3) is 0 Å². The van der Waals surface area contributed by atoms with Crippen molar-refractivity contribution < 1.29 is 4.43 Å². The van der Waals surface area contributed by atoms with E-state index in [0.717, 1.165) is 6.42 Å². The molecule has 2 rings (SSSR count). The molecule has 0 aromatic heterocycles. The zero-order valence-electron chi connectivity index (χ0n) is 16.3. The largest absolute Gasteiger partial charge is 0.391 e. The van der Waals surface area contributed by atoms with Gasteiger partial charge in [-0.25, -0.2) is 0 Å². The van der Waals surface area contributed by atoms with Crippen molar-refractivity contribution >= 4 is 18.7 Å². The predicted molar refractivity (Wildman–Crippen MR) is 112 cm³/mol. The van der Waals surface area contributed by atoms with E-state index in [9.17, 15) is 5.26 Å². The molecule has 0 aliphatic heterocycles. The summed E-state index contributed by atoms with van der Waals surface area (Å²) in [5, 5.41) is 12.1. The normalized spacial score (nSPS) is 13.5. The van der Waals surface area contributed by atoms with E-state index < -0.39 is 14.4 Å². The fraction of sp³-hybridized carbons (Fsp3) is 0.348. The Balaban J connectivity index is 2.60. The van der Waals surface area contributed by atoms with Gasteiger partial charge < -0.3 is 4.43 Å². The third-order valence-corrected chi connectivity index (χ3v) is 9.68. The summed E-state index contributed by atoms with van der Waals surface area (Å²) in [7, 11) is -2.65. The minimum absolute atomic E-state index is 0.112. The van der Waals surface area contributed by atoms with E-state index in [1.54, 1.807) is 0 Å².